The van der Waals surface area contributed by atoms with E-state index in [-0.39, 0.29) is 18.3 Å². The van der Waals surface area contributed by atoms with E-state index < -0.39 is 17.7 Å². The van der Waals surface area contributed by atoms with E-state index in [0.717, 1.165) is 24.1 Å². The van der Waals surface area contributed by atoms with E-state index in [9.17, 15) is 18.0 Å². The number of rotatable bonds is 3. The molecule has 0 saturated heterocycles. The normalized spacial score (nSPS) is 23.5. The van der Waals surface area contributed by atoms with Crippen LogP contribution < -0.4 is 0 Å². The zero-order chi connectivity index (χ0) is 12.6. The first-order valence-electron chi connectivity index (χ1n) is 5.27. The van der Waals surface area contributed by atoms with Gasteiger partial charge in [-0.1, -0.05) is 12.1 Å². The van der Waals surface area contributed by atoms with Gasteiger partial charge in [-0.05, 0) is 36.0 Å². The second-order valence-corrected chi connectivity index (χ2v) is 4.32. The highest BCUT2D eigenvalue weighted by Crippen LogP contribution is 2.49. The maximum Gasteiger partial charge on any atom is 0.416 e. The summed E-state index contributed by atoms with van der Waals surface area (Å²) in [6.45, 7) is 0. The van der Waals surface area contributed by atoms with Crippen LogP contribution in [0.3, 0.4) is 0 Å². The molecule has 0 heterocycles. The molecule has 1 aliphatic carbocycles. The van der Waals surface area contributed by atoms with Crippen LogP contribution in [0.2, 0.25) is 0 Å². The number of halogens is 3. The number of hydrogen-bond acceptors (Lipinski definition) is 1. The second-order valence-electron chi connectivity index (χ2n) is 4.32. The van der Waals surface area contributed by atoms with Crippen molar-refractivity contribution in [3.05, 3.63) is 35.4 Å². The Morgan fingerprint density at radius 3 is 2.35 bits per heavy atom. The minimum absolute atomic E-state index is 0.0734. The van der Waals surface area contributed by atoms with Gasteiger partial charge in [0, 0.05) is 6.42 Å². The fourth-order valence-corrected chi connectivity index (χ4v) is 2.03. The molecule has 1 fully saturated rings. The summed E-state index contributed by atoms with van der Waals surface area (Å²) in [6, 6.07) is 4.97. The van der Waals surface area contributed by atoms with Crippen LogP contribution in [0.4, 0.5) is 13.2 Å². The van der Waals surface area contributed by atoms with Gasteiger partial charge >= 0.3 is 12.1 Å². The Bertz CT molecular complexity index is 422. The molecular formula is C12H11F3O2. The maximum atomic E-state index is 12.3. The SMILES string of the molecule is O=C(O)C[C@H]1C[C@@H]1c1ccc(C(F)(F)F)cc1. The van der Waals surface area contributed by atoms with Gasteiger partial charge in [0.15, 0.2) is 0 Å². The molecule has 1 N–H and O–H groups in total. The molecule has 5 heteroatoms. The largest absolute Gasteiger partial charge is 0.481 e. The molecule has 0 spiro atoms. The highest BCUT2D eigenvalue weighted by Gasteiger charge is 2.40. The van der Waals surface area contributed by atoms with Gasteiger partial charge in [-0.2, -0.15) is 13.2 Å². The van der Waals surface area contributed by atoms with E-state index in [4.69, 9.17) is 5.11 Å². The number of alkyl halides is 3. The van der Waals surface area contributed by atoms with Gasteiger partial charge in [0.25, 0.3) is 0 Å². The molecule has 0 aliphatic heterocycles. The highest BCUT2D eigenvalue weighted by molar-refractivity contribution is 5.67. The average molecular weight is 244 g/mol. The minimum atomic E-state index is -4.32. The van der Waals surface area contributed by atoms with E-state index in [1.165, 1.54) is 12.1 Å². The van der Waals surface area contributed by atoms with Crippen molar-refractivity contribution < 1.29 is 23.1 Å². The lowest BCUT2D eigenvalue weighted by Gasteiger charge is -2.07. The molecule has 2 atom stereocenters. The van der Waals surface area contributed by atoms with Gasteiger partial charge in [-0.25, -0.2) is 0 Å². The van der Waals surface area contributed by atoms with Crippen molar-refractivity contribution >= 4 is 5.97 Å². The Kier molecular flexibility index (Phi) is 2.85. The van der Waals surface area contributed by atoms with Crippen molar-refractivity contribution in [1.29, 1.82) is 0 Å². The van der Waals surface area contributed by atoms with Crippen molar-refractivity contribution in [2.24, 2.45) is 5.92 Å². The van der Waals surface area contributed by atoms with Crippen LogP contribution in [0.5, 0.6) is 0 Å². The lowest BCUT2D eigenvalue weighted by Crippen LogP contribution is -2.04. The molecule has 0 bridgehead atoms. The van der Waals surface area contributed by atoms with E-state index in [1.807, 2.05) is 0 Å². The Morgan fingerprint density at radius 2 is 1.88 bits per heavy atom. The Labute approximate surface area is 96.1 Å². The summed E-state index contributed by atoms with van der Waals surface area (Å²) in [5.74, 6) is -0.679. The molecule has 0 amide bonds. The maximum absolute atomic E-state index is 12.3. The molecule has 2 rings (SSSR count). The molecule has 17 heavy (non-hydrogen) atoms. The summed E-state index contributed by atoms with van der Waals surface area (Å²) in [5.41, 5.74) is 0.126. The number of carbonyl (C=O) groups is 1. The van der Waals surface area contributed by atoms with E-state index in [1.54, 1.807) is 0 Å². The topological polar surface area (TPSA) is 37.3 Å². The molecule has 92 valence electrons. The first kappa shape index (κ1) is 12.0. The zero-order valence-corrected chi connectivity index (χ0v) is 8.87. The molecular weight excluding hydrogens is 233 g/mol. The Balaban J connectivity index is 2.03. The third-order valence-corrected chi connectivity index (χ3v) is 3.03. The van der Waals surface area contributed by atoms with E-state index >= 15 is 0 Å². The van der Waals surface area contributed by atoms with Gasteiger partial charge < -0.3 is 5.11 Å². The summed E-state index contributed by atoms with van der Waals surface area (Å²) >= 11 is 0. The van der Waals surface area contributed by atoms with Crippen LogP contribution in [0.25, 0.3) is 0 Å². The van der Waals surface area contributed by atoms with Crippen molar-refractivity contribution in [3.63, 3.8) is 0 Å². The second kappa shape index (κ2) is 4.05. The molecule has 0 unspecified atom stereocenters. The smallest absolute Gasteiger partial charge is 0.416 e. The average Bonchev–Trinajstić information content (AvgIpc) is 2.95. The summed E-state index contributed by atoms with van der Waals surface area (Å²) in [6.07, 6.45) is -3.48. The number of benzene rings is 1. The molecule has 1 aliphatic rings. The Hall–Kier alpha value is -1.52. The van der Waals surface area contributed by atoms with Gasteiger partial charge in [0.2, 0.25) is 0 Å². The number of carboxylic acid groups (broad SMARTS) is 1. The first-order valence-corrected chi connectivity index (χ1v) is 5.27. The predicted octanol–water partition coefficient (Wildman–Crippen LogP) is 3.28. The van der Waals surface area contributed by atoms with Crippen LogP contribution in [0.1, 0.15) is 29.9 Å². The van der Waals surface area contributed by atoms with Crippen LogP contribution in [0, 0.1) is 5.92 Å². The van der Waals surface area contributed by atoms with Crippen LogP contribution in [-0.2, 0) is 11.0 Å². The van der Waals surface area contributed by atoms with Gasteiger partial charge in [-0.3, -0.25) is 4.79 Å². The fourth-order valence-electron chi connectivity index (χ4n) is 2.03. The van der Waals surface area contributed by atoms with Crippen molar-refractivity contribution in [1.82, 2.24) is 0 Å². The van der Waals surface area contributed by atoms with Gasteiger partial charge in [0.1, 0.15) is 0 Å². The van der Waals surface area contributed by atoms with Crippen LogP contribution >= 0.6 is 0 Å². The Morgan fingerprint density at radius 1 is 1.29 bits per heavy atom. The molecule has 0 radical (unpaired) electrons. The monoisotopic (exact) mass is 244 g/mol. The van der Waals surface area contributed by atoms with Crippen LogP contribution in [0.15, 0.2) is 24.3 Å². The minimum Gasteiger partial charge on any atom is -0.481 e. The fraction of sp³-hybridized carbons (Fsp3) is 0.417. The number of hydrogen-bond donors (Lipinski definition) is 1. The third kappa shape index (κ3) is 2.78. The first-order chi connectivity index (χ1) is 7.88. The highest BCUT2D eigenvalue weighted by atomic mass is 19.4. The lowest BCUT2D eigenvalue weighted by atomic mass is 10.1. The van der Waals surface area contributed by atoms with Gasteiger partial charge in [-0.15, -0.1) is 0 Å². The molecule has 0 aromatic heterocycles. The summed E-state index contributed by atoms with van der Waals surface area (Å²) in [5, 5.41) is 8.59. The van der Waals surface area contributed by atoms with Crippen LogP contribution in [-0.4, -0.2) is 11.1 Å². The summed E-state index contributed by atoms with van der Waals surface area (Å²) < 4.78 is 36.9. The lowest BCUT2D eigenvalue weighted by molar-refractivity contribution is -0.138. The number of carboxylic acids is 1. The van der Waals surface area contributed by atoms with Gasteiger partial charge in [0.05, 0.1) is 5.56 Å². The molecule has 1 aromatic carbocycles. The van der Waals surface area contributed by atoms with Crippen molar-refractivity contribution in [2.75, 3.05) is 0 Å². The van der Waals surface area contributed by atoms with Crippen molar-refractivity contribution in [3.8, 4) is 0 Å². The summed E-state index contributed by atoms with van der Waals surface area (Å²) in [7, 11) is 0. The molecule has 1 saturated carbocycles. The quantitative estimate of drug-likeness (QED) is 0.885. The third-order valence-electron chi connectivity index (χ3n) is 3.03. The zero-order valence-electron chi connectivity index (χ0n) is 8.87. The van der Waals surface area contributed by atoms with E-state index in [0.29, 0.717) is 0 Å². The summed E-state index contributed by atoms with van der Waals surface area (Å²) in [4.78, 5) is 10.5. The molecule has 2 nitrogen and oxygen atoms in total. The van der Waals surface area contributed by atoms with Crippen molar-refractivity contribution in [2.45, 2.75) is 24.9 Å². The van der Waals surface area contributed by atoms with E-state index in [2.05, 4.69) is 0 Å². The molecule has 1 aromatic rings. The predicted molar refractivity (Wildman–Crippen MR) is 54.5 cm³/mol. The number of aliphatic carboxylic acids is 1. The standard InChI is InChI=1S/C12H11F3O2/c13-12(14,15)9-3-1-7(2-4-9)10-5-8(10)6-11(16)17/h1-4,8,10H,5-6H2,(H,16,17)/t8-,10-/m1/s1.